The molecule has 0 aromatic carbocycles. The molecule has 0 aromatic rings. The number of hydrogen-bond donors (Lipinski definition) is 1. The standard InChI is InChI=1S/C11H22N2.C2H6.CH4.H2/c1-3-12-7-10-8-13(4-2)9-11(10)5-6-11;1-2;;/h10,12H,3-9H2,1-2H3;1-2H3;1H4;1H. The zero-order valence-electron chi connectivity index (χ0n) is 11.0. The van der Waals surface area contributed by atoms with E-state index in [9.17, 15) is 0 Å². The molecule has 1 unspecified atom stereocenters. The van der Waals surface area contributed by atoms with Crippen LogP contribution in [0.1, 0.15) is 49.4 Å². The molecule has 100 valence electrons. The SMILES string of the molecule is C.CC.CCNCC1CN(CC)CC12CC2.[HH]. The maximum Gasteiger partial charge on any atom is 0.00416 e. The fourth-order valence-corrected chi connectivity index (χ4v) is 2.71. The van der Waals surface area contributed by atoms with E-state index in [0.29, 0.717) is 0 Å². The molecule has 0 radical (unpaired) electrons. The van der Waals surface area contributed by atoms with Crippen molar-refractivity contribution in [3.05, 3.63) is 0 Å². The van der Waals surface area contributed by atoms with E-state index in [2.05, 4.69) is 24.1 Å². The van der Waals surface area contributed by atoms with Gasteiger partial charge in [0.2, 0.25) is 0 Å². The van der Waals surface area contributed by atoms with Crippen molar-refractivity contribution >= 4 is 0 Å². The lowest BCUT2D eigenvalue weighted by Crippen LogP contribution is -2.28. The van der Waals surface area contributed by atoms with Crippen LogP contribution in [0.4, 0.5) is 0 Å². The first-order valence-electron chi connectivity index (χ1n) is 6.74. The van der Waals surface area contributed by atoms with E-state index >= 15 is 0 Å². The molecule has 1 aliphatic carbocycles. The van der Waals surface area contributed by atoms with Gasteiger partial charge in [-0.25, -0.2) is 0 Å². The highest BCUT2D eigenvalue weighted by atomic mass is 15.2. The topological polar surface area (TPSA) is 15.3 Å². The van der Waals surface area contributed by atoms with Gasteiger partial charge in [-0.1, -0.05) is 35.1 Å². The average molecular weight is 230 g/mol. The third-order valence-corrected chi connectivity index (χ3v) is 3.86. The second-order valence-electron chi connectivity index (χ2n) is 4.69. The van der Waals surface area contributed by atoms with Crippen LogP contribution in [0.25, 0.3) is 0 Å². The number of hydrogen-bond acceptors (Lipinski definition) is 2. The number of likely N-dealkylation sites (tertiary alicyclic amines) is 1. The van der Waals surface area contributed by atoms with Crippen molar-refractivity contribution in [2.24, 2.45) is 11.3 Å². The smallest absolute Gasteiger partial charge is 0.00416 e. The summed E-state index contributed by atoms with van der Waals surface area (Å²) in [5.74, 6) is 0.937. The van der Waals surface area contributed by atoms with Crippen molar-refractivity contribution in [3.63, 3.8) is 0 Å². The van der Waals surface area contributed by atoms with Gasteiger partial charge in [0.15, 0.2) is 0 Å². The summed E-state index contributed by atoms with van der Waals surface area (Å²) in [7, 11) is 0. The summed E-state index contributed by atoms with van der Waals surface area (Å²) in [6.45, 7) is 14.8. The monoisotopic (exact) mass is 230 g/mol. The van der Waals surface area contributed by atoms with Crippen molar-refractivity contribution in [2.45, 2.75) is 48.0 Å². The van der Waals surface area contributed by atoms with E-state index < -0.39 is 0 Å². The van der Waals surface area contributed by atoms with Gasteiger partial charge in [-0.05, 0) is 43.8 Å². The number of nitrogens with one attached hydrogen (secondary N) is 1. The Morgan fingerprint density at radius 2 is 1.94 bits per heavy atom. The molecule has 1 spiro atoms. The van der Waals surface area contributed by atoms with Gasteiger partial charge < -0.3 is 10.2 Å². The highest BCUT2D eigenvalue weighted by molar-refractivity contribution is 5.06. The highest BCUT2D eigenvalue weighted by Crippen LogP contribution is 2.55. The molecule has 0 bridgehead atoms. The lowest BCUT2D eigenvalue weighted by molar-refractivity contribution is 0.336. The molecule has 16 heavy (non-hydrogen) atoms. The van der Waals surface area contributed by atoms with Crippen molar-refractivity contribution in [1.29, 1.82) is 0 Å². The molecule has 1 atom stereocenters. The quantitative estimate of drug-likeness (QED) is 0.797. The molecule has 1 aliphatic heterocycles. The third kappa shape index (κ3) is 3.46. The van der Waals surface area contributed by atoms with Gasteiger partial charge in [0.05, 0.1) is 0 Å². The summed E-state index contributed by atoms with van der Waals surface area (Å²) in [4.78, 5) is 2.62. The van der Waals surface area contributed by atoms with Crippen molar-refractivity contribution in [1.82, 2.24) is 10.2 Å². The fraction of sp³-hybridized carbons (Fsp3) is 1.00. The van der Waals surface area contributed by atoms with Crippen LogP contribution in [-0.4, -0.2) is 37.6 Å². The normalized spacial score (nSPS) is 25.9. The van der Waals surface area contributed by atoms with E-state index in [0.717, 1.165) is 17.9 Å². The molecule has 0 aromatic heterocycles. The molecule has 1 saturated carbocycles. The molecule has 1 N–H and O–H groups in total. The Labute approximate surface area is 104 Å². The van der Waals surface area contributed by atoms with Crippen LogP contribution in [0.2, 0.25) is 0 Å². The lowest BCUT2D eigenvalue weighted by atomic mass is 9.93. The van der Waals surface area contributed by atoms with Gasteiger partial charge in [-0.2, -0.15) is 0 Å². The second-order valence-corrected chi connectivity index (χ2v) is 4.69. The van der Waals surface area contributed by atoms with Crippen molar-refractivity contribution in [3.8, 4) is 0 Å². The van der Waals surface area contributed by atoms with Gasteiger partial charge >= 0.3 is 0 Å². The largest absolute Gasteiger partial charge is 0.317 e. The molecule has 2 rings (SSSR count). The van der Waals surface area contributed by atoms with Gasteiger partial charge in [0.25, 0.3) is 0 Å². The molecule has 2 aliphatic rings. The Kier molecular flexibility index (Phi) is 7.25. The van der Waals surface area contributed by atoms with Crippen LogP contribution in [0, 0.1) is 11.3 Å². The summed E-state index contributed by atoms with van der Waals surface area (Å²) in [6, 6.07) is 0. The van der Waals surface area contributed by atoms with Gasteiger partial charge in [-0.3, -0.25) is 0 Å². The first-order valence-corrected chi connectivity index (χ1v) is 6.74. The summed E-state index contributed by atoms with van der Waals surface area (Å²) >= 11 is 0. The van der Waals surface area contributed by atoms with Crippen LogP contribution in [-0.2, 0) is 0 Å². The van der Waals surface area contributed by atoms with E-state index in [1.165, 1.54) is 39.0 Å². The minimum Gasteiger partial charge on any atom is -0.317 e. The minimum atomic E-state index is 0. The summed E-state index contributed by atoms with van der Waals surface area (Å²) < 4.78 is 0. The molecule has 2 heteroatoms. The van der Waals surface area contributed by atoms with Crippen LogP contribution in [0.15, 0.2) is 0 Å². The van der Waals surface area contributed by atoms with Gasteiger partial charge in [0.1, 0.15) is 0 Å². The number of nitrogens with zero attached hydrogens (tertiary/aromatic N) is 1. The first kappa shape index (κ1) is 15.9. The van der Waals surface area contributed by atoms with Gasteiger partial charge in [-0.15, -0.1) is 0 Å². The van der Waals surface area contributed by atoms with Gasteiger partial charge in [0, 0.05) is 14.5 Å². The fourth-order valence-electron chi connectivity index (χ4n) is 2.71. The Hall–Kier alpha value is -0.0800. The Balaban J connectivity index is 0. The van der Waals surface area contributed by atoms with E-state index in [-0.39, 0.29) is 8.85 Å². The van der Waals surface area contributed by atoms with Crippen LogP contribution in [0.3, 0.4) is 0 Å². The molecule has 0 amide bonds. The number of rotatable bonds is 4. The summed E-state index contributed by atoms with van der Waals surface area (Å²) in [5.41, 5.74) is 0.748. The molecular formula is C14H34N2. The molecule has 2 nitrogen and oxygen atoms in total. The van der Waals surface area contributed by atoms with Crippen LogP contribution >= 0.6 is 0 Å². The predicted molar refractivity (Wildman–Crippen MR) is 76.0 cm³/mol. The molecule has 1 heterocycles. The highest BCUT2D eigenvalue weighted by Gasteiger charge is 2.53. The summed E-state index contributed by atoms with van der Waals surface area (Å²) in [5, 5.41) is 3.50. The Morgan fingerprint density at radius 3 is 2.38 bits per heavy atom. The predicted octanol–water partition coefficient (Wildman–Crippen LogP) is 3.24. The second kappa shape index (κ2) is 7.29. The van der Waals surface area contributed by atoms with E-state index in [1.54, 1.807) is 0 Å². The van der Waals surface area contributed by atoms with Crippen LogP contribution < -0.4 is 5.32 Å². The lowest BCUT2D eigenvalue weighted by Gasteiger charge is -2.16. The Morgan fingerprint density at radius 1 is 1.31 bits per heavy atom. The maximum absolute atomic E-state index is 3.50. The zero-order valence-corrected chi connectivity index (χ0v) is 11.0. The van der Waals surface area contributed by atoms with Crippen LogP contribution in [0.5, 0.6) is 0 Å². The third-order valence-electron chi connectivity index (χ3n) is 3.86. The zero-order chi connectivity index (χ0) is 11.3. The van der Waals surface area contributed by atoms with E-state index in [4.69, 9.17) is 0 Å². The molecule has 2 fully saturated rings. The molecular weight excluding hydrogens is 196 g/mol. The van der Waals surface area contributed by atoms with Crippen molar-refractivity contribution < 1.29 is 1.43 Å². The first-order chi connectivity index (χ1) is 7.30. The molecule has 1 saturated heterocycles. The average Bonchev–Trinajstić information content (AvgIpc) is 2.96. The maximum atomic E-state index is 3.50. The van der Waals surface area contributed by atoms with Crippen molar-refractivity contribution in [2.75, 3.05) is 32.7 Å². The van der Waals surface area contributed by atoms with E-state index in [1.807, 2.05) is 13.8 Å². The summed E-state index contributed by atoms with van der Waals surface area (Å²) in [6.07, 6.45) is 2.97. The minimum absolute atomic E-state index is 0. The Bertz CT molecular complexity index is 181.